The zero-order chi connectivity index (χ0) is 19.4. The van der Waals surface area contributed by atoms with Gasteiger partial charge in [-0.1, -0.05) is 34.1 Å². The normalized spacial score (nSPS) is 15.5. The van der Waals surface area contributed by atoms with Gasteiger partial charge in [0, 0.05) is 28.7 Å². The van der Waals surface area contributed by atoms with Gasteiger partial charge in [-0.05, 0) is 48.2 Å². The molecule has 1 saturated heterocycles. The van der Waals surface area contributed by atoms with E-state index in [-0.39, 0.29) is 29.5 Å². The largest absolute Gasteiger partial charge is 0.350 e. The first-order valence-corrected chi connectivity index (χ1v) is 9.60. The quantitative estimate of drug-likeness (QED) is 0.700. The summed E-state index contributed by atoms with van der Waals surface area (Å²) in [5, 5.41) is 2.23. The molecule has 0 aliphatic carbocycles. The fourth-order valence-corrected chi connectivity index (χ4v) is 3.53. The Bertz CT molecular complexity index is 931. The van der Waals surface area contributed by atoms with Gasteiger partial charge in [-0.3, -0.25) is 19.3 Å². The molecule has 27 heavy (non-hydrogen) atoms. The Morgan fingerprint density at radius 2 is 1.85 bits per heavy atom. The highest BCUT2D eigenvalue weighted by atomic mass is 79.9. The van der Waals surface area contributed by atoms with E-state index < -0.39 is 17.0 Å². The average Bonchev–Trinajstić information content (AvgIpc) is 2.91. The Labute approximate surface area is 167 Å². The van der Waals surface area contributed by atoms with E-state index in [0.29, 0.717) is 5.56 Å². The molecule has 3 rings (SSSR count). The van der Waals surface area contributed by atoms with Gasteiger partial charge in [0.25, 0.3) is 17.1 Å². The van der Waals surface area contributed by atoms with E-state index in [4.69, 9.17) is 0 Å². The van der Waals surface area contributed by atoms with E-state index in [1.807, 2.05) is 0 Å². The smallest absolute Gasteiger partial charge is 0.293 e. The lowest BCUT2D eigenvalue weighted by Gasteiger charge is -2.13. The predicted molar refractivity (Wildman–Crippen MR) is 106 cm³/mol. The summed E-state index contributed by atoms with van der Waals surface area (Å²) in [7, 11) is 0. The molecule has 0 unspecified atom stereocenters. The maximum absolute atomic E-state index is 13.7. The zero-order valence-corrected chi connectivity index (χ0v) is 16.3. The Morgan fingerprint density at radius 1 is 1.15 bits per heavy atom. The third kappa shape index (κ3) is 4.64. The molecular formula is C19H14BrFN2O3S. The van der Waals surface area contributed by atoms with Crippen LogP contribution in [0, 0.1) is 5.82 Å². The topological polar surface area (TPSA) is 66.5 Å². The van der Waals surface area contributed by atoms with Crippen LogP contribution in [0.3, 0.4) is 0 Å². The van der Waals surface area contributed by atoms with E-state index in [1.54, 1.807) is 36.4 Å². The minimum absolute atomic E-state index is 0.0432. The summed E-state index contributed by atoms with van der Waals surface area (Å²) in [5.74, 6) is -1.26. The van der Waals surface area contributed by atoms with Crippen molar-refractivity contribution in [2.75, 3.05) is 13.1 Å². The van der Waals surface area contributed by atoms with Crippen LogP contribution in [-0.2, 0) is 4.79 Å². The zero-order valence-electron chi connectivity index (χ0n) is 13.9. The minimum atomic E-state index is -0.494. The van der Waals surface area contributed by atoms with Gasteiger partial charge >= 0.3 is 0 Å². The highest BCUT2D eigenvalue weighted by molar-refractivity contribution is 9.10. The summed E-state index contributed by atoms with van der Waals surface area (Å²) in [5.41, 5.74) is 0.721. The molecule has 2 aromatic rings. The van der Waals surface area contributed by atoms with Crippen molar-refractivity contribution >= 4 is 50.8 Å². The molecule has 2 aromatic carbocycles. The van der Waals surface area contributed by atoms with Gasteiger partial charge in [0.2, 0.25) is 0 Å². The maximum Gasteiger partial charge on any atom is 0.293 e. The average molecular weight is 449 g/mol. The molecule has 0 bridgehead atoms. The minimum Gasteiger partial charge on any atom is -0.350 e. The molecule has 5 nitrogen and oxygen atoms in total. The van der Waals surface area contributed by atoms with Crippen molar-refractivity contribution in [3.63, 3.8) is 0 Å². The first-order chi connectivity index (χ1) is 13.0. The van der Waals surface area contributed by atoms with Crippen molar-refractivity contribution in [2.45, 2.75) is 0 Å². The summed E-state index contributed by atoms with van der Waals surface area (Å²) in [6.07, 6.45) is 1.36. The number of halogens is 2. The Balaban J connectivity index is 1.60. The highest BCUT2D eigenvalue weighted by Gasteiger charge is 2.34. The molecule has 0 spiro atoms. The van der Waals surface area contributed by atoms with E-state index in [2.05, 4.69) is 21.2 Å². The van der Waals surface area contributed by atoms with Crippen molar-refractivity contribution in [1.29, 1.82) is 0 Å². The van der Waals surface area contributed by atoms with Crippen molar-refractivity contribution < 1.29 is 18.8 Å². The fraction of sp³-hybridized carbons (Fsp3) is 0.105. The van der Waals surface area contributed by atoms with Crippen LogP contribution in [0.5, 0.6) is 0 Å². The van der Waals surface area contributed by atoms with Gasteiger partial charge in [0.05, 0.1) is 4.91 Å². The summed E-state index contributed by atoms with van der Waals surface area (Å²) in [6, 6.07) is 12.8. The molecule has 1 heterocycles. The number of amides is 3. The number of carbonyl (C=O) groups is 3. The molecule has 0 aromatic heterocycles. The second kappa shape index (κ2) is 8.49. The molecule has 3 amide bonds. The van der Waals surface area contributed by atoms with Gasteiger partial charge in [-0.25, -0.2) is 4.39 Å². The van der Waals surface area contributed by atoms with E-state index in [9.17, 15) is 18.8 Å². The number of nitrogens with zero attached hydrogens (tertiary/aromatic N) is 1. The lowest BCUT2D eigenvalue weighted by Crippen LogP contribution is -2.37. The summed E-state index contributed by atoms with van der Waals surface area (Å²) < 4.78 is 14.6. The van der Waals surface area contributed by atoms with Gasteiger partial charge in [-0.15, -0.1) is 0 Å². The SMILES string of the molecule is O=C(NCCN1C(=O)S/C(=C\c2ccccc2F)C1=O)c1ccc(Br)cc1. The molecule has 138 valence electrons. The molecule has 8 heteroatoms. The van der Waals surface area contributed by atoms with Crippen molar-refractivity contribution in [2.24, 2.45) is 0 Å². The van der Waals surface area contributed by atoms with Crippen LogP contribution >= 0.6 is 27.7 Å². The monoisotopic (exact) mass is 448 g/mol. The van der Waals surface area contributed by atoms with Crippen molar-refractivity contribution in [1.82, 2.24) is 10.2 Å². The first-order valence-electron chi connectivity index (χ1n) is 7.99. The number of nitrogens with one attached hydrogen (secondary N) is 1. The molecule has 0 saturated carbocycles. The van der Waals surface area contributed by atoms with Crippen LogP contribution in [-0.4, -0.2) is 35.0 Å². The van der Waals surface area contributed by atoms with Gasteiger partial charge in [0.15, 0.2) is 0 Å². The third-order valence-corrected chi connectivity index (χ3v) is 5.23. The second-order valence-corrected chi connectivity index (χ2v) is 7.53. The Hall–Kier alpha value is -2.45. The summed E-state index contributed by atoms with van der Waals surface area (Å²) in [6.45, 7) is 0.168. The van der Waals surface area contributed by atoms with Crippen LogP contribution in [0.4, 0.5) is 9.18 Å². The van der Waals surface area contributed by atoms with Crippen LogP contribution in [0.2, 0.25) is 0 Å². The molecule has 0 atom stereocenters. The first kappa shape index (κ1) is 19.3. The number of rotatable bonds is 5. The lowest BCUT2D eigenvalue weighted by molar-refractivity contribution is -0.122. The molecular weight excluding hydrogens is 435 g/mol. The lowest BCUT2D eigenvalue weighted by atomic mass is 10.2. The van der Waals surface area contributed by atoms with E-state index in [0.717, 1.165) is 21.1 Å². The van der Waals surface area contributed by atoms with E-state index >= 15 is 0 Å². The van der Waals surface area contributed by atoms with Crippen molar-refractivity contribution in [3.05, 3.63) is 74.9 Å². The molecule has 1 N–H and O–H groups in total. The number of hydrogen-bond donors (Lipinski definition) is 1. The van der Waals surface area contributed by atoms with Crippen LogP contribution in [0.25, 0.3) is 6.08 Å². The van der Waals surface area contributed by atoms with Gasteiger partial charge in [0.1, 0.15) is 5.82 Å². The number of imide groups is 1. The highest BCUT2D eigenvalue weighted by Crippen LogP contribution is 2.32. The maximum atomic E-state index is 13.7. The Morgan fingerprint density at radius 3 is 2.56 bits per heavy atom. The van der Waals surface area contributed by atoms with Crippen LogP contribution < -0.4 is 5.32 Å². The molecule has 1 aliphatic heterocycles. The van der Waals surface area contributed by atoms with Gasteiger partial charge in [-0.2, -0.15) is 0 Å². The van der Waals surface area contributed by atoms with Gasteiger partial charge < -0.3 is 5.32 Å². The fourth-order valence-electron chi connectivity index (χ4n) is 2.41. The number of carbonyl (C=O) groups excluding carboxylic acids is 3. The molecule has 1 aliphatic rings. The second-order valence-electron chi connectivity index (χ2n) is 5.62. The molecule has 0 radical (unpaired) electrons. The molecule has 1 fully saturated rings. The van der Waals surface area contributed by atoms with E-state index in [1.165, 1.54) is 18.2 Å². The Kier molecular flexibility index (Phi) is 6.08. The number of benzene rings is 2. The van der Waals surface area contributed by atoms with Crippen molar-refractivity contribution in [3.8, 4) is 0 Å². The number of thioether (sulfide) groups is 1. The summed E-state index contributed by atoms with van der Waals surface area (Å²) >= 11 is 4.05. The summed E-state index contributed by atoms with van der Waals surface area (Å²) in [4.78, 5) is 37.7. The van der Waals surface area contributed by atoms with Crippen LogP contribution in [0.1, 0.15) is 15.9 Å². The standard InChI is InChI=1S/C19H14BrFN2O3S/c20-14-7-5-12(6-8-14)17(24)22-9-10-23-18(25)16(27-19(23)26)11-13-3-1-2-4-15(13)21/h1-8,11H,9-10H2,(H,22,24)/b16-11-. The predicted octanol–water partition coefficient (Wildman–Crippen LogP) is 4.05. The number of hydrogen-bond acceptors (Lipinski definition) is 4. The van der Waals surface area contributed by atoms with Crippen LogP contribution in [0.15, 0.2) is 57.9 Å². The third-order valence-electron chi connectivity index (χ3n) is 3.79.